The van der Waals surface area contributed by atoms with Gasteiger partial charge >= 0.3 is 0 Å². The molecule has 3 nitrogen and oxygen atoms in total. The van der Waals surface area contributed by atoms with Crippen LogP contribution in [0.2, 0.25) is 0 Å². The molecule has 0 saturated carbocycles. The van der Waals surface area contributed by atoms with Gasteiger partial charge in [0.1, 0.15) is 0 Å². The third-order valence-corrected chi connectivity index (χ3v) is 2.92. The predicted octanol–water partition coefficient (Wildman–Crippen LogP) is 3.66. The molecule has 0 spiro atoms. The van der Waals surface area contributed by atoms with E-state index in [9.17, 15) is 0 Å². The van der Waals surface area contributed by atoms with Crippen molar-refractivity contribution in [1.82, 2.24) is 0 Å². The highest BCUT2D eigenvalue weighted by molar-refractivity contribution is 5.51. The predicted molar refractivity (Wildman–Crippen MR) is 71.6 cm³/mol. The molecule has 3 heteroatoms. The standard InChI is InChI=1S/C15H22O3/c1-12(2)6-4-9-16-13-7-3-8-14-15(13)18-11-5-10-17-14/h3,7-8,12H,4-6,9-11H2,1-2H3. The summed E-state index contributed by atoms with van der Waals surface area (Å²) in [6.45, 7) is 6.60. The highest BCUT2D eigenvalue weighted by atomic mass is 16.5. The minimum atomic E-state index is 0.694. The van der Waals surface area contributed by atoms with E-state index in [0.29, 0.717) is 13.2 Å². The summed E-state index contributed by atoms with van der Waals surface area (Å²) < 4.78 is 17.1. The van der Waals surface area contributed by atoms with Crippen LogP contribution in [-0.4, -0.2) is 19.8 Å². The Hall–Kier alpha value is -1.38. The summed E-state index contributed by atoms with van der Waals surface area (Å²) in [4.78, 5) is 0. The molecule has 0 N–H and O–H groups in total. The van der Waals surface area contributed by atoms with Gasteiger partial charge in [-0.2, -0.15) is 0 Å². The minimum Gasteiger partial charge on any atom is -0.490 e. The molecule has 0 saturated heterocycles. The normalized spacial score (nSPS) is 14.4. The zero-order valence-corrected chi connectivity index (χ0v) is 11.3. The van der Waals surface area contributed by atoms with E-state index in [-0.39, 0.29) is 0 Å². The van der Waals surface area contributed by atoms with Crippen molar-refractivity contribution >= 4 is 0 Å². The monoisotopic (exact) mass is 250 g/mol. The summed E-state index contributed by atoms with van der Waals surface area (Å²) in [6.07, 6.45) is 3.18. The molecule has 0 amide bonds. The second-order valence-corrected chi connectivity index (χ2v) is 5.02. The molecule has 0 bridgehead atoms. The third kappa shape index (κ3) is 3.56. The van der Waals surface area contributed by atoms with E-state index < -0.39 is 0 Å². The van der Waals surface area contributed by atoms with E-state index in [1.165, 1.54) is 6.42 Å². The Kier molecular flexibility index (Phi) is 4.73. The molecule has 0 aromatic heterocycles. The van der Waals surface area contributed by atoms with Gasteiger partial charge in [0.15, 0.2) is 11.5 Å². The molecule has 1 aliphatic rings. The fourth-order valence-corrected chi connectivity index (χ4v) is 1.95. The van der Waals surface area contributed by atoms with Gasteiger partial charge in [-0.05, 0) is 30.9 Å². The smallest absolute Gasteiger partial charge is 0.203 e. The lowest BCUT2D eigenvalue weighted by Gasteiger charge is -2.13. The molecule has 100 valence electrons. The van der Waals surface area contributed by atoms with Crippen LogP contribution in [0.3, 0.4) is 0 Å². The Bertz CT molecular complexity index is 374. The maximum absolute atomic E-state index is 5.81. The SMILES string of the molecule is CC(C)CCCOc1cccc2c1OCCCO2. The number of hydrogen-bond acceptors (Lipinski definition) is 3. The Balaban J connectivity index is 1.95. The summed E-state index contributed by atoms with van der Waals surface area (Å²) in [7, 11) is 0. The van der Waals surface area contributed by atoms with Crippen LogP contribution in [0.1, 0.15) is 33.1 Å². The van der Waals surface area contributed by atoms with Crippen LogP contribution in [0.5, 0.6) is 17.2 Å². The van der Waals surface area contributed by atoms with E-state index in [4.69, 9.17) is 14.2 Å². The van der Waals surface area contributed by atoms with E-state index >= 15 is 0 Å². The largest absolute Gasteiger partial charge is 0.490 e. The Morgan fingerprint density at radius 3 is 2.89 bits per heavy atom. The second-order valence-electron chi connectivity index (χ2n) is 5.02. The van der Waals surface area contributed by atoms with Gasteiger partial charge in [0, 0.05) is 6.42 Å². The van der Waals surface area contributed by atoms with E-state index in [2.05, 4.69) is 13.8 Å². The molecule has 0 radical (unpaired) electrons. The maximum Gasteiger partial charge on any atom is 0.203 e. The lowest BCUT2D eigenvalue weighted by Crippen LogP contribution is -2.02. The molecule has 2 rings (SSSR count). The highest BCUT2D eigenvalue weighted by Crippen LogP contribution is 2.38. The number of rotatable bonds is 5. The van der Waals surface area contributed by atoms with Crippen LogP contribution in [0.25, 0.3) is 0 Å². The fraction of sp³-hybridized carbons (Fsp3) is 0.600. The molecule has 1 heterocycles. The van der Waals surface area contributed by atoms with Crippen molar-refractivity contribution < 1.29 is 14.2 Å². The Morgan fingerprint density at radius 2 is 2.06 bits per heavy atom. The first kappa shape index (κ1) is 13.1. The molecule has 0 aliphatic carbocycles. The van der Waals surface area contributed by atoms with E-state index in [0.717, 1.165) is 42.6 Å². The summed E-state index contributed by atoms with van der Waals surface area (Å²) in [5, 5.41) is 0. The summed E-state index contributed by atoms with van der Waals surface area (Å²) >= 11 is 0. The van der Waals surface area contributed by atoms with Crippen LogP contribution in [0, 0.1) is 5.92 Å². The lowest BCUT2D eigenvalue weighted by atomic mass is 10.1. The first-order chi connectivity index (χ1) is 8.77. The van der Waals surface area contributed by atoms with Crippen molar-refractivity contribution in [2.45, 2.75) is 33.1 Å². The summed E-state index contributed by atoms with van der Waals surface area (Å²) in [6, 6.07) is 5.83. The topological polar surface area (TPSA) is 27.7 Å². The fourth-order valence-electron chi connectivity index (χ4n) is 1.95. The number of para-hydroxylation sites is 1. The van der Waals surface area contributed by atoms with Crippen LogP contribution in [-0.2, 0) is 0 Å². The number of ether oxygens (including phenoxy) is 3. The minimum absolute atomic E-state index is 0.694. The van der Waals surface area contributed by atoms with Crippen LogP contribution in [0.4, 0.5) is 0 Å². The van der Waals surface area contributed by atoms with Crippen molar-refractivity contribution in [3.63, 3.8) is 0 Å². The second kappa shape index (κ2) is 6.53. The zero-order chi connectivity index (χ0) is 12.8. The quantitative estimate of drug-likeness (QED) is 0.746. The summed E-state index contributed by atoms with van der Waals surface area (Å²) in [5.41, 5.74) is 0. The van der Waals surface area contributed by atoms with E-state index in [1.807, 2.05) is 18.2 Å². The average Bonchev–Trinajstić information content (AvgIpc) is 2.60. The van der Waals surface area contributed by atoms with Crippen molar-refractivity contribution in [2.75, 3.05) is 19.8 Å². The molecule has 0 unspecified atom stereocenters. The van der Waals surface area contributed by atoms with Crippen molar-refractivity contribution in [3.05, 3.63) is 18.2 Å². The molecule has 0 atom stereocenters. The molecule has 1 aliphatic heterocycles. The molecule has 18 heavy (non-hydrogen) atoms. The molecule has 0 fully saturated rings. The zero-order valence-electron chi connectivity index (χ0n) is 11.3. The van der Waals surface area contributed by atoms with Crippen molar-refractivity contribution in [1.29, 1.82) is 0 Å². The molecular weight excluding hydrogens is 228 g/mol. The first-order valence-electron chi connectivity index (χ1n) is 6.79. The Labute approximate surface area is 109 Å². The van der Waals surface area contributed by atoms with Crippen LogP contribution >= 0.6 is 0 Å². The van der Waals surface area contributed by atoms with E-state index in [1.54, 1.807) is 0 Å². The van der Waals surface area contributed by atoms with Gasteiger partial charge < -0.3 is 14.2 Å². The van der Waals surface area contributed by atoms with Crippen molar-refractivity contribution in [3.8, 4) is 17.2 Å². The number of benzene rings is 1. The third-order valence-electron chi connectivity index (χ3n) is 2.92. The van der Waals surface area contributed by atoms with Gasteiger partial charge in [-0.15, -0.1) is 0 Å². The van der Waals surface area contributed by atoms with Gasteiger partial charge in [-0.3, -0.25) is 0 Å². The van der Waals surface area contributed by atoms with Gasteiger partial charge in [-0.1, -0.05) is 19.9 Å². The first-order valence-corrected chi connectivity index (χ1v) is 6.79. The number of hydrogen-bond donors (Lipinski definition) is 0. The molecule has 1 aromatic carbocycles. The lowest BCUT2D eigenvalue weighted by molar-refractivity contribution is 0.262. The van der Waals surface area contributed by atoms with Gasteiger partial charge in [0.25, 0.3) is 0 Å². The van der Waals surface area contributed by atoms with Gasteiger partial charge in [-0.25, -0.2) is 0 Å². The van der Waals surface area contributed by atoms with Crippen LogP contribution in [0.15, 0.2) is 18.2 Å². The van der Waals surface area contributed by atoms with Crippen LogP contribution < -0.4 is 14.2 Å². The average molecular weight is 250 g/mol. The number of fused-ring (bicyclic) bond motifs is 1. The molecular formula is C15H22O3. The van der Waals surface area contributed by atoms with Gasteiger partial charge in [0.2, 0.25) is 5.75 Å². The Morgan fingerprint density at radius 1 is 1.22 bits per heavy atom. The van der Waals surface area contributed by atoms with Gasteiger partial charge in [0.05, 0.1) is 19.8 Å². The maximum atomic E-state index is 5.81. The molecule has 1 aromatic rings. The summed E-state index contributed by atoms with van der Waals surface area (Å²) in [5.74, 6) is 3.09. The highest BCUT2D eigenvalue weighted by Gasteiger charge is 2.15. The van der Waals surface area contributed by atoms with Crippen molar-refractivity contribution in [2.24, 2.45) is 5.92 Å².